The van der Waals surface area contributed by atoms with Gasteiger partial charge in [0.05, 0.1) is 15.2 Å². The molecule has 1 fully saturated rings. The minimum atomic E-state index is -3.89. The quantitative estimate of drug-likeness (QED) is 0.221. The van der Waals surface area contributed by atoms with Gasteiger partial charge in [-0.05, 0) is 48.5 Å². The minimum absolute atomic E-state index is 0.0350. The van der Waals surface area contributed by atoms with Crippen LogP contribution in [0, 0.1) is 10.1 Å². The Morgan fingerprint density at radius 3 is 2.27 bits per heavy atom. The second-order valence-electron chi connectivity index (χ2n) is 8.92. The molecule has 0 spiro atoms. The van der Waals surface area contributed by atoms with E-state index < -0.39 is 32.9 Å². The fraction of sp³-hybridized carbons (Fsp3) is 0.185. The van der Waals surface area contributed by atoms with Gasteiger partial charge in [-0.1, -0.05) is 28.1 Å². The first-order valence-electron chi connectivity index (χ1n) is 12.1. The van der Waals surface area contributed by atoms with Crippen LogP contribution >= 0.6 is 15.9 Å². The number of fused-ring (bicyclic) bond motifs is 1. The predicted octanol–water partition coefficient (Wildman–Crippen LogP) is 4.04. The van der Waals surface area contributed by atoms with Gasteiger partial charge in [0.1, 0.15) is 5.58 Å². The zero-order valence-corrected chi connectivity index (χ0v) is 23.3. The molecule has 0 N–H and O–H groups in total. The SMILES string of the molecule is O=C(COc1c(-c2ccc(Br)cc2)oc2ccccc2c1=O)N1CCN(S(=O)(=O)c2ccc([N+](=O)[O-])cc2)CC1. The lowest BCUT2D eigenvalue weighted by Gasteiger charge is -2.33. The summed E-state index contributed by atoms with van der Waals surface area (Å²) in [6, 6.07) is 18.5. The van der Waals surface area contributed by atoms with Gasteiger partial charge in [0.15, 0.2) is 12.4 Å². The molecule has 0 bridgehead atoms. The molecule has 206 valence electrons. The molecule has 0 radical (unpaired) electrons. The normalized spacial score (nSPS) is 14.3. The largest absolute Gasteiger partial charge is 0.476 e. The van der Waals surface area contributed by atoms with Crippen LogP contribution in [0.4, 0.5) is 5.69 Å². The monoisotopic (exact) mass is 627 g/mol. The van der Waals surface area contributed by atoms with E-state index in [4.69, 9.17) is 9.15 Å². The van der Waals surface area contributed by atoms with E-state index in [-0.39, 0.29) is 48.3 Å². The lowest BCUT2D eigenvalue weighted by Crippen LogP contribution is -2.51. The highest BCUT2D eigenvalue weighted by Crippen LogP contribution is 2.32. The number of nitrogens with zero attached hydrogens (tertiary/aromatic N) is 3. The molecule has 1 aromatic heterocycles. The summed E-state index contributed by atoms with van der Waals surface area (Å²) in [5.41, 5.74) is 0.359. The Kier molecular flexibility index (Phi) is 7.70. The summed E-state index contributed by atoms with van der Waals surface area (Å²) in [5.74, 6) is -0.307. The van der Waals surface area contributed by atoms with Gasteiger partial charge < -0.3 is 14.1 Å². The summed E-state index contributed by atoms with van der Waals surface area (Å²) >= 11 is 3.38. The van der Waals surface area contributed by atoms with Gasteiger partial charge in [-0.25, -0.2) is 8.42 Å². The van der Waals surface area contributed by atoms with Crippen molar-refractivity contribution in [2.75, 3.05) is 32.8 Å². The Hall–Kier alpha value is -4.07. The zero-order valence-electron chi connectivity index (χ0n) is 20.9. The standard InChI is InChI=1S/C27H22BrN3O8S/c28-19-7-5-18(6-8-19)26-27(25(33)22-3-1-2-4-23(22)39-26)38-17-24(32)29-13-15-30(16-14-29)40(36,37)21-11-9-20(10-12-21)31(34)35/h1-12H,13-17H2. The number of amides is 1. The highest BCUT2D eigenvalue weighted by Gasteiger charge is 2.31. The van der Waals surface area contributed by atoms with Crippen molar-refractivity contribution in [3.63, 3.8) is 0 Å². The summed E-state index contributed by atoms with van der Waals surface area (Å²) < 4.78 is 39.8. The third-order valence-corrected chi connectivity index (χ3v) is 8.92. The number of non-ortho nitro benzene ring substituents is 1. The Bertz CT molecular complexity index is 1750. The van der Waals surface area contributed by atoms with Gasteiger partial charge >= 0.3 is 0 Å². The van der Waals surface area contributed by atoms with Gasteiger partial charge in [0, 0.05) is 48.3 Å². The molecular weight excluding hydrogens is 606 g/mol. The van der Waals surface area contributed by atoms with E-state index in [1.807, 2.05) is 0 Å². The molecule has 2 heterocycles. The zero-order chi connectivity index (χ0) is 28.4. The number of benzene rings is 3. The smallest absolute Gasteiger partial charge is 0.269 e. The number of carbonyl (C=O) groups excluding carboxylic acids is 1. The summed E-state index contributed by atoms with van der Waals surface area (Å²) in [5, 5.41) is 11.2. The van der Waals surface area contributed by atoms with Crippen LogP contribution in [0.25, 0.3) is 22.3 Å². The van der Waals surface area contributed by atoms with Crippen molar-refractivity contribution in [1.82, 2.24) is 9.21 Å². The van der Waals surface area contributed by atoms with E-state index >= 15 is 0 Å². The maximum absolute atomic E-state index is 13.3. The molecule has 11 nitrogen and oxygen atoms in total. The van der Waals surface area contributed by atoms with E-state index in [1.54, 1.807) is 48.5 Å². The lowest BCUT2D eigenvalue weighted by atomic mass is 10.1. The average molecular weight is 628 g/mol. The first kappa shape index (κ1) is 27.5. The van der Waals surface area contributed by atoms with Crippen molar-refractivity contribution in [3.05, 3.63) is 97.6 Å². The maximum atomic E-state index is 13.3. The molecule has 13 heteroatoms. The van der Waals surface area contributed by atoms with E-state index in [9.17, 15) is 28.1 Å². The average Bonchev–Trinajstić information content (AvgIpc) is 2.97. The maximum Gasteiger partial charge on any atom is 0.269 e. The van der Waals surface area contributed by atoms with E-state index in [2.05, 4.69) is 15.9 Å². The molecule has 0 unspecified atom stereocenters. The number of sulfonamides is 1. The highest BCUT2D eigenvalue weighted by molar-refractivity contribution is 9.10. The number of piperazine rings is 1. The molecule has 4 aromatic rings. The molecular formula is C27H22BrN3O8S. The summed E-state index contributed by atoms with van der Waals surface area (Å²) in [6.07, 6.45) is 0. The number of para-hydroxylation sites is 1. The van der Waals surface area contributed by atoms with Crippen LogP contribution < -0.4 is 10.2 Å². The molecule has 1 aliphatic rings. The fourth-order valence-corrected chi connectivity index (χ4v) is 6.03. The van der Waals surface area contributed by atoms with Crippen molar-refractivity contribution >= 4 is 48.5 Å². The van der Waals surface area contributed by atoms with Crippen molar-refractivity contribution in [2.24, 2.45) is 0 Å². The predicted molar refractivity (Wildman–Crippen MR) is 150 cm³/mol. The first-order valence-corrected chi connectivity index (χ1v) is 14.4. The Labute approximate surface area is 236 Å². The van der Waals surface area contributed by atoms with Gasteiger partial charge in [-0.15, -0.1) is 0 Å². The highest BCUT2D eigenvalue weighted by atomic mass is 79.9. The number of hydrogen-bond donors (Lipinski definition) is 0. The number of carbonyl (C=O) groups is 1. The van der Waals surface area contributed by atoms with E-state index in [0.717, 1.165) is 16.6 Å². The Balaban J connectivity index is 1.29. The number of halogens is 1. The van der Waals surface area contributed by atoms with Gasteiger partial charge in [-0.2, -0.15) is 4.31 Å². The number of nitro groups is 1. The van der Waals surface area contributed by atoms with Crippen molar-refractivity contribution in [3.8, 4) is 17.1 Å². The number of hydrogen-bond acceptors (Lipinski definition) is 8. The van der Waals surface area contributed by atoms with Crippen LogP contribution in [0.5, 0.6) is 5.75 Å². The van der Waals surface area contributed by atoms with Gasteiger partial charge in [0.25, 0.3) is 11.6 Å². The molecule has 0 saturated carbocycles. The van der Waals surface area contributed by atoms with Crippen LogP contribution in [-0.2, 0) is 14.8 Å². The summed E-state index contributed by atoms with van der Waals surface area (Å²) in [6.45, 7) is -0.150. The van der Waals surface area contributed by atoms with Crippen LogP contribution in [0.1, 0.15) is 0 Å². The molecule has 1 aliphatic heterocycles. The number of nitro benzene ring substituents is 1. The minimum Gasteiger partial charge on any atom is -0.476 e. The number of ether oxygens (including phenoxy) is 1. The van der Waals surface area contributed by atoms with Crippen LogP contribution in [0.15, 0.2) is 91.4 Å². The third-order valence-electron chi connectivity index (χ3n) is 6.48. The molecule has 1 amide bonds. The van der Waals surface area contributed by atoms with Crippen molar-refractivity contribution in [1.29, 1.82) is 0 Å². The van der Waals surface area contributed by atoms with E-state index in [1.165, 1.54) is 21.3 Å². The van der Waals surface area contributed by atoms with E-state index in [0.29, 0.717) is 16.5 Å². The lowest BCUT2D eigenvalue weighted by molar-refractivity contribution is -0.384. The summed E-state index contributed by atoms with van der Waals surface area (Å²) in [4.78, 5) is 37.9. The van der Waals surface area contributed by atoms with Crippen molar-refractivity contribution < 1.29 is 27.3 Å². The van der Waals surface area contributed by atoms with Crippen LogP contribution in [-0.4, -0.2) is 61.2 Å². The summed E-state index contributed by atoms with van der Waals surface area (Å²) in [7, 11) is -3.89. The van der Waals surface area contributed by atoms with Gasteiger partial charge in [-0.3, -0.25) is 19.7 Å². The molecule has 0 atom stereocenters. The second-order valence-corrected chi connectivity index (χ2v) is 11.8. The van der Waals surface area contributed by atoms with Crippen LogP contribution in [0.2, 0.25) is 0 Å². The molecule has 40 heavy (non-hydrogen) atoms. The molecule has 0 aliphatic carbocycles. The van der Waals surface area contributed by atoms with Crippen molar-refractivity contribution in [2.45, 2.75) is 4.90 Å². The molecule has 3 aromatic carbocycles. The fourth-order valence-electron chi connectivity index (χ4n) is 4.34. The third kappa shape index (κ3) is 5.48. The topological polar surface area (TPSA) is 140 Å². The second kappa shape index (κ2) is 11.2. The van der Waals surface area contributed by atoms with Crippen LogP contribution in [0.3, 0.4) is 0 Å². The Morgan fingerprint density at radius 2 is 1.62 bits per heavy atom. The molecule has 1 saturated heterocycles. The number of rotatable bonds is 7. The van der Waals surface area contributed by atoms with Gasteiger partial charge in [0.2, 0.25) is 21.2 Å². The first-order chi connectivity index (χ1) is 19.1. The Morgan fingerprint density at radius 1 is 0.975 bits per heavy atom. The molecule has 5 rings (SSSR count).